The summed E-state index contributed by atoms with van der Waals surface area (Å²) < 4.78 is 7.45. The van der Waals surface area contributed by atoms with Crippen molar-refractivity contribution >= 4 is 23.4 Å². The number of anilines is 1. The Morgan fingerprint density at radius 2 is 1.69 bits per heavy atom. The second-order valence-electron chi connectivity index (χ2n) is 6.45. The quantitative estimate of drug-likeness (QED) is 0.437. The van der Waals surface area contributed by atoms with Gasteiger partial charge in [-0.25, -0.2) is 0 Å². The fourth-order valence-electron chi connectivity index (χ4n) is 2.98. The maximum Gasteiger partial charge on any atom is 0.240 e. The van der Waals surface area contributed by atoms with Gasteiger partial charge < -0.3 is 9.32 Å². The van der Waals surface area contributed by atoms with Gasteiger partial charge in [0.15, 0.2) is 10.9 Å². The summed E-state index contributed by atoms with van der Waals surface area (Å²) in [5.74, 6) is 1.21. The van der Waals surface area contributed by atoms with Gasteiger partial charge in [-0.15, -0.1) is 10.2 Å². The zero-order valence-electron chi connectivity index (χ0n) is 16.1. The Morgan fingerprint density at radius 1 is 1.00 bits per heavy atom. The van der Waals surface area contributed by atoms with Crippen LogP contribution in [0.1, 0.15) is 6.92 Å². The Morgan fingerprint density at radius 3 is 2.34 bits per heavy atom. The molecule has 29 heavy (non-hydrogen) atoms. The number of furan rings is 1. The van der Waals surface area contributed by atoms with Crippen LogP contribution in [0.2, 0.25) is 0 Å². The molecule has 0 aliphatic rings. The van der Waals surface area contributed by atoms with E-state index in [0.29, 0.717) is 16.7 Å². The second-order valence-corrected chi connectivity index (χ2v) is 7.76. The van der Waals surface area contributed by atoms with Crippen LogP contribution in [0.25, 0.3) is 17.3 Å². The Balaban J connectivity index is 1.64. The highest BCUT2D eigenvalue weighted by Crippen LogP contribution is 2.31. The van der Waals surface area contributed by atoms with Gasteiger partial charge in [0.1, 0.15) is 0 Å². The van der Waals surface area contributed by atoms with E-state index in [2.05, 4.69) is 10.2 Å². The van der Waals surface area contributed by atoms with E-state index < -0.39 is 0 Å². The van der Waals surface area contributed by atoms with Gasteiger partial charge in [0.25, 0.3) is 0 Å². The normalized spacial score (nSPS) is 11.9. The molecule has 0 saturated carbocycles. The molecule has 1 unspecified atom stereocenters. The Bertz CT molecular complexity index is 1080. The number of carbonyl (C=O) groups is 1. The van der Waals surface area contributed by atoms with Crippen molar-refractivity contribution in [3.63, 3.8) is 0 Å². The molecule has 6 nitrogen and oxygen atoms in total. The van der Waals surface area contributed by atoms with Gasteiger partial charge in [-0.1, -0.05) is 48.2 Å². The third kappa shape index (κ3) is 3.95. The van der Waals surface area contributed by atoms with Crippen molar-refractivity contribution in [2.45, 2.75) is 17.3 Å². The molecule has 2 aromatic heterocycles. The molecule has 0 radical (unpaired) electrons. The van der Waals surface area contributed by atoms with Crippen LogP contribution >= 0.6 is 11.8 Å². The summed E-state index contributed by atoms with van der Waals surface area (Å²) in [6.45, 7) is 1.88. The molecular formula is C22H20N4O2S. The summed E-state index contributed by atoms with van der Waals surface area (Å²) in [5.41, 5.74) is 1.76. The maximum absolute atomic E-state index is 13.0. The third-order valence-corrected chi connectivity index (χ3v) is 5.52. The molecule has 1 atom stereocenters. The average Bonchev–Trinajstić information content (AvgIpc) is 3.43. The number of nitrogens with zero attached hydrogens (tertiary/aromatic N) is 4. The van der Waals surface area contributed by atoms with Crippen molar-refractivity contribution in [3.05, 3.63) is 79.1 Å². The van der Waals surface area contributed by atoms with E-state index in [1.807, 2.05) is 84.3 Å². The van der Waals surface area contributed by atoms with Crippen molar-refractivity contribution < 1.29 is 9.21 Å². The van der Waals surface area contributed by atoms with E-state index in [-0.39, 0.29) is 11.2 Å². The first-order valence-electron chi connectivity index (χ1n) is 9.19. The van der Waals surface area contributed by atoms with Crippen molar-refractivity contribution in [1.29, 1.82) is 0 Å². The van der Waals surface area contributed by atoms with E-state index in [9.17, 15) is 4.79 Å². The summed E-state index contributed by atoms with van der Waals surface area (Å²) in [5, 5.41) is 8.95. The van der Waals surface area contributed by atoms with Crippen LogP contribution in [0.5, 0.6) is 0 Å². The highest BCUT2D eigenvalue weighted by atomic mass is 32.2. The minimum Gasteiger partial charge on any atom is -0.461 e. The molecule has 4 rings (SSSR count). The molecule has 2 aromatic carbocycles. The van der Waals surface area contributed by atoms with E-state index in [4.69, 9.17) is 4.42 Å². The largest absolute Gasteiger partial charge is 0.461 e. The predicted octanol–water partition coefficient (Wildman–Crippen LogP) is 4.67. The van der Waals surface area contributed by atoms with Crippen LogP contribution in [-0.2, 0) is 4.79 Å². The summed E-state index contributed by atoms with van der Waals surface area (Å²) in [6, 6.07) is 23.0. The Labute approximate surface area is 173 Å². The molecular weight excluding hydrogens is 384 g/mol. The van der Waals surface area contributed by atoms with Crippen LogP contribution < -0.4 is 4.90 Å². The van der Waals surface area contributed by atoms with Crippen LogP contribution in [-0.4, -0.2) is 33.0 Å². The smallest absolute Gasteiger partial charge is 0.240 e. The first kappa shape index (κ1) is 19.0. The van der Waals surface area contributed by atoms with Gasteiger partial charge in [0, 0.05) is 18.4 Å². The predicted molar refractivity (Wildman–Crippen MR) is 114 cm³/mol. The number of hydrogen-bond donors (Lipinski definition) is 0. The summed E-state index contributed by atoms with van der Waals surface area (Å²) >= 11 is 1.37. The molecule has 0 bridgehead atoms. The van der Waals surface area contributed by atoms with E-state index in [0.717, 1.165) is 11.4 Å². The Hall–Kier alpha value is -3.32. The number of hydrogen-bond acceptors (Lipinski definition) is 5. The zero-order valence-corrected chi connectivity index (χ0v) is 16.9. The zero-order chi connectivity index (χ0) is 20.2. The summed E-state index contributed by atoms with van der Waals surface area (Å²) in [4.78, 5) is 14.6. The topological polar surface area (TPSA) is 64.2 Å². The summed E-state index contributed by atoms with van der Waals surface area (Å²) in [6.07, 6.45) is 1.60. The molecule has 0 spiro atoms. The number of para-hydroxylation sites is 2. The van der Waals surface area contributed by atoms with Crippen molar-refractivity contribution in [1.82, 2.24) is 14.8 Å². The van der Waals surface area contributed by atoms with Gasteiger partial charge in [0.05, 0.1) is 11.5 Å². The van der Waals surface area contributed by atoms with E-state index in [1.54, 1.807) is 18.2 Å². The van der Waals surface area contributed by atoms with Gasteiger partial charge >= 0.3 is 0 Å². The van der Waals surface area contributed by atoms with Crippen LogP contribution in [0.3, 0.4) is 0 Å². The second kappa shape index (κ2) is 8.36. The third-order valence-electron chi connectivity index (χ3n) is 4.49. The number of benzene rings is 2. The van der Waals surface area contributed by atoms with Crippen LogP contribution in [0, 0.1) is 0 Å². The van der Waals surface area contributed by atoms with E-state index >= 15 is 0 Å². The first-order chi connectivity index (χ1) is 14.1. The molecule has 0 N–H and O–H groups in total. The fourth-order valence-corrected chi connectivity index (χ4v) is 3.94. The molecule has 0 saturated heterocycles. The maximum atomic E-state index is 13.0. The lowest BCUT2D eigenvalue weighted by molar-refractivity contribution is -0.117. The summed E-state index contributed by atoms with van der Waals surface area (Å²) in [7, 11) is 1.78. The number of rotatable bonds is 6. The minimum atomic E-state index is -0.351. The fraction of sp³-hybridized carbons (Fsp3) is 0.136. The molecule has 2 heterocycles. The highest BCUT2D eigenvalue weighted by molar-refractivity contribution is 8.00. The lowest BCUT2D eigenvalue weighted by Gasteiger charge is -2.21. The molecule has 7 heteroatoms. The molecule has 0 aliphatic carbocycles. The SMILES string of the molecule is CC(Sc1nnc(-c2ccco2)n1-c1ccccc1)C(=O)N(C)c1ccccc1. The molecule has 146 valence electrons. The van der Waals surface area contributed by atoms with Crippen LogP contribution in [0.15, 0.2) is 88.6 Å². The lowest BCUT2D eigenvalue weighted by Crippen LogP contribution is -2.33. The van der Waals surface area contributed by atoms with Gasteiger partial charge in [-0.2, -0.15) is 0 Å². The van der Waals surface area contributed by atoms with Crippen molar-refractivity contribution in [2.75, 3.05) is 11.9 Å². The number of aromatic nitrogens is 3. The minimum absolute atomic E-state index is 0.0108. The van der Waals surface area contributed by atoms with Gasteiger partial charge in [-0.05, 0) is 43.3 Å². The van der Waals surface area contributed by atoms with Crippen molar-refractivity contribution in [3.8, 4) is 17.3 Å². The van der Waals surface area contributed by atoms with Gasteiger partial charge in [-0.3, -0.25) is 9.36 Å². The molecule has 0 aliphatic heterocycles. The standard InChI is InChI=1S/C22H20N4O2S/c1-16(21(27)25(2)17-10-5-3-6-11-17)29-22-24-23-20(19-14-9-15-28-19)26(22)18-12-7-4-8-13-18/h3-16H,1-2H3. The highest BCUT2D eigenvalue weighted by Gasteiger charge is 2.25. The monoisotopic (exact) mass is 404 g/mol. The lowest BCUT2D eigenvalue weighted by atomic mass is 10.3. The molecule has 4 aromatic rings. The molecule has 1 amide bonds. The van der Waals surface area contributed by atoms with Crippen molar-refractivity contribution in [2.24, 2.45) is 0 Å². The average molecular weight is 404 g/mol. The number of amides is 1. The Kier molecular flexibility index (Phi) is 5.48. The van der Waals surface area contributed by atoms with E-state index in [1.165, 1.54) is 11.8 Å². The van der Waals surface area contributed by atoms with Gasteiger partial charge in [0.2, 0.25) is 11.7 Å². The molecule has 0 fully saturated rings. The number of carbonyl (C=O) groups excluding carboxylic acids is 1. The number of thioether (sulfide) groups is 1. The first-order valence-corrected chi connectivity index (χ1v) is 10.1. The van der Waals surface area contributed by atoms with Crippen LogP contribution in [0.4, 0.5) is 5.69 Å².